The van der Waals surface area contributed by atoms with Crippen LogP contribution in [0.25, 0.3) is 10.2 Å². The number of piperidine rings is 1. The minimum atomic E-state index is -0.162. The van der Waals surface area contributed by atoms with E-state index in [1.807, 2.05) is 18.0 Å². The lowest BCUT2D eigenvalue weighted by atomic mass is 9.78. The average molecular weight is 301 g/mol. The Morgan fingerprint density at radius 1 is 1.24 bits per heavy atom. The molecular formula is C16H19N3OS. The summed E-state index contributed by atoms with van der Waals surface area (Å²) in [6.45, 7) is 2.68. The molecule has 0 radical (unpaired) electrons. The summed E-state index contributed by atoms with van der Waals surface area (Å²) in [5.74, 6) is 0.331. The zero-order valence-electron chi connectivity index (χ0n) is 12.2. The van der Waals surface area contributed by atoms with Crippen LogP contribution in [0.1, 0.15) is 19.3 Å². The molecule has 110 valence electrons. The summed E-state index contributed by atoms with van der Waals surface area (Å²) >= 11 is 1.73. The summed E-state index contributed by atoms with van der Waals surface area (Å²) in [4.78, 5) is 21.5. The molecule has 21 heavy (non-hydrogen) atoms. The van der Waals surface area contributed by atoms with Crippen LogP contribution < -0.4 is 4.90 Å². The fourth-order valence-corrected chi connectivity index (χ4v) is 4.67. The number of nitrogens with zero attached hydrogens (tertiary/aromatic N) is 3. The molecule has 1 spiro atoms. The highest BCUT2D eigenvalue weighted by molar-refractivity contribution is 7.22. The first-order valence-electron chi connectivity index (χ1n) is 7.54. The second-order valence-corrected chi connectivity index (χ2v) is 7.26. The van der Waals surface area contributed by atoms with E-state index in [9.17, 15) is 4.79 Å². The van der Waals surface area contributed by atoms with Gasteiger partial charge in [0, 0.05) is 26.7 Å². The molecule has 4 nitrogen and oxygen atoms in total. The molecule has 1 amide bonds. The van der Waals surface area contributed by atoms with Gasteiger partial charge in [-0.3, -0.25) is 4.79 Å². The number of hydrogen-bond acceptors (Lipinski definition) is 4. The van der Waals surface area contributed by atoms with Gasteiger partial charge in [0.15, 0.2) is 5.13 Å². The summed E-state index contributed by atoms with van der Waals surface area (Å²) in [5, 5.41) is 1.06. The topological polar surface area (TPSA) is 36.4 Å². The van der Waals surface area contributed by atoms with Crippen LogP contribution in [-0.4, -0.2) is 42.5 Å². The first-order chi connectivity index (χ1) is 10.2. The maximum atomic E-state index is 12.6. The van der Waals surface area contributed by atoms with E-state index in [4.69, 9.17) is 4.98 Å². The first kappa shape index (κ1) is 13.1. The molecule has 0 bridgehead atoms. The van der Waals surface area contributed by atoms with Gasteiger partial charge in [-0.05, 0) is 31.4 Å². The van der Waals surface area contributed by atoms with Crippen molar-refractivity contribution in [2.75, 3.05) is 31.6 Å². The predicted octanol–water partition coefficient (Wildman–Crippen LogP) is 2.75. The Kier molecular flexibility index (Phi) is 2.92. The van der Waals surface area contributed by atoms with Crippen molar-refractivity contribution in [2.24, 2.45) is 5.41 Å². The number of thiazole rings is 1. The minimum Gasteiger partial charge on any atom is -0.347 e. The maximum Gasteiger partial charge on any atom is 0.230 e. The van der Waals surface area contributed by atoms with E-state index in [1.165, 1.54) is 4.70 Å². The van der Waals surface area contributed by atoms with Gasteiger partial charge in [-0.2, -0.15) is 0 Å². The summed E-state index contributed by atoms with van der Waals surface area (Å²) in [6.07, 6.45) is 3.11. The van der Waals surface area contributed by atoms with Gasteiger partial charge in [0.05, 0.1) is 15.6 Å². The van der Waals surface area contributed by atoms with E-state index in [-0.39, 0.29) is 5.41 Å². The Balaban J connectivity index is 1.62. The van der Waals surface area contributed by atoms with E-state index in [2.05, 4.69) is 23.1 Å². The monoisotopic (exact) mass is 301 g/mol. The van der Waals surface area contributed by atoms with Gasteiger partial charge in [0.25, 0.3) is 0 Å². The average Bonchev–Trinajstić information content (AvgIpc) is 3.09. The molecule has 0 N–H and O–H groups in total. The number of aromatic nitrogens is 1. The lowest BCUT2D eigenvalue weighted by Crippen LogP contribution is -2.48. The Morgan fingerprint density at radius 3 is 2.95 bits per heavy atom. The second-order valence-electron chi connectivity index (χ2n) is 6.25. The Hall–Kier alpha value is -1.62. The van der Waals surface area contributed by atoms with Crippen LogP contribution >= 0.6 is 11.3 Å². The molecule has 2 aliphatic rings. The normalized spacial score (nSPS) is 26.2. The van der Waals surface area contributed by atoms with Crippen molar-refractivity contribution < 1.29 is 4.79 Å². The highest BCUT2D eigenvalue weighted by Gasteiger charge is 2.48. The zero-order valence-corrected chi connectivity index (χ0v) is 13.0. The molecule has 2 fully saturated rings. The van der Waals surface area contributed by atoms with E-state index in [0.29, 0.717) is 5.91 Å². The van der Waals surface area contributed by atoms with Crippen molar-refractivity contribution in [3.8, 4) is 0 Å². The molecule has 0 saturated carbocycles. The van der Waals surface area contributed by atoms with Gasteiger partial charge in [-0.25, -0.2) is 4.98 Å². The number of benzene rings is 1. The largest absolute Gasteiger partial charge is 0.347 e. The number of rotatable bonds is 1. The maximum absolute atomic E-state index is 12.6. The van der Waals surface area contributed by atoms with Gasteiger partial charge in [0.1, 0.15) is 0 Å². The molecule has 1 aromatic heterocycles. The molecule has 4 rings (SSSR count). The van der Waals surface area contributed by atoms with Crippen LogP contribution in [0, 0.1) is 5.41 Å². The van der Waals surface area contributed by atoms with Crippen LogP contribution in [0.3, 0.4) is 0 Å². The van der Waals surface area contributed by atoms with E-state index < -0.39 is 0 Å². The van der Waals surface area contributed by atoms with Crippen LogP contribution in [-0.2, 0) is 4.79 Å². The third kappa shape index (κ3) is 2.02. The Labute approximate surface area is 128 Å². The van der Waals surface area contributed by atoms with Crippen molar-refractivity contribution in [3.63, 3.8) is 0 Å². The summed E-state index contributed by atoms with van der Waals surface area (Å²) < 4.78 is 1.22. The van der Waals surface area contributed by atoms with E-state index >= 15 is 0 Å². The van der Waals surface area contributed by atoms with Gasteiger partial charge in [0.2, 0.25) is 5.91 Å². The van der Waals surface area contributed by atoms with Crippen LogP contribution in [0.5, 0.6) is 0 Å². The van der Waals surface area contributed by atoms with Crippen LogP contribution in [0.2, 0.25) is 0 Å². The number of likely N-dealkylation sites (tertiary alicyclic amines) is 1. The minimum absolute atomic E-state index is 0.162. The second kappa shape index (κ2) is 4.70. The number of amides is 1. The fraction of sp³-hybridized carbons (Fsp3) is 0.500. The summed E-state index contributed by atoms with van der Waals surface area (Å²) in [5.41, 5.74) is 0.899. The third-order valence-corrected chi connectivity index (χ3v) is 5.95. The van der Waals surface area contributed by atoms with E-state index in [1.54, 1.807) is 11.3 Å². The number of carbonyl (C=O) groups is 1. The molecule has 1 aromatic carbocycles. The van der Waals surface area contributed by atoms with Crippen molar-refractivity contribution in [2.45, 2.75) is 19.3 Å². The van der Waals surface area contributed by atoms with Crippen molar-refractivity contribution in [1.82, 2.24) is 9.88 Å². The number of anilines is 1. The molecule has 1 atom stereocenters. The number of carbonyl (C=O) groups excluding carboxylic acids is 1. The van der Waals surface area contributed by atoms with Crippen LogP contribution in [0.15, 0.2) is 24.3 Å². The Bertz CT molecular complexity index is 665. The molecule has 3 heterocycles. The quantitative estimate of drug-likeness (QED) is 0.812. The molecule has 1 unspecified atom stereocenters. The zero-order chi connectivity index (χ0) is 14.4. The molecule has 5 heteroatoms. The summed E-state index contributed by atoms with van der Waals surface area (Å²) in [7, 11) is 1.93. The summed E-state index contributed by atoms with van der Waals surface area (Å²) in [6, 6.07) is 8.24. The third-order valence-electron chi connectivity index (χ3n) is 4.86. The van der Waals surface area contributed by atoms with Gasteiger partial charge in [-0.1, -0.05) is 23.5 Å². The standard InChI is InChI=1S/C16H19N3OS/c1-18-9-4-7-16(14(18)20)8-10-19(11-16)15-17-12-5-2-3-6-13(12)21-15/h2-3,5-6H,4,7-11H2,1H3. The number of hydrogen-bond donors (Lipinski definition) is 0. The van der Waals surface area contributed by atoms with Crippen molar-refractivity contribution in [3.05, 3.63) is 24.3 Å². The SMILES string of the molecule is CN1CCCC2(CCN(c3nc4ccccc4s3)C2)C1=O. The predicted molar refractivity (Wildman–Crippen MR) is 85.8 cm³/mol. The number of para-hydroxylation sites is 1. The lowest BCUT2D eigenvalue weighted by Gasteiger charge is -2.37. The lowest BCUT2D eigenvalue weighted by molar-refractivity contribution is -0.143. The molecule has 2 aliphatic heterocycles. The smallest absolute Gasteiger partial charge is 0.230 e. The van der Waals surface area contributed by atoms with Gasteiger partial charge < -0.3 is 9.80 Å². The molecule has 2 aromatic rings. The highest BCUT2D eigenvalue weighted by atomic mass is 32.1. The van der Waals surface area contributed by atoms with Gasteiger partial charge >= 0.3 is 0 Å². The Morgan fingerprint density at radius 2 is 2.10 bits per heavy atom. The molecular weight excluding hydrogens is 282 g/mol. The highest BCUT2D eigenvalue weighted by Crippen LogP contribution is 2.42. The first-order valence-corrected chi connectivity index (χ1v) is 8.36. The molecule has 0 aliphatic carbocycles. The fourth-order valence-electron chi connectivity index (χ4n) is 3.68. The van der Waals surface area contributed by atoms with Gasteiger partial charge in [-0.15, -0.1) is 0 Å². The molecule has 2 saturated heterocycles. The van der Waals surface area contributed by atoms with Crippen molar-refractivity contribution in [1.29, 1.82) is 0 Å². The number of fused-ring (bicyclic) bond motifs is 1. The van der Waals surface area contributed by atoms with Crippen molar-refractivity contribution >= 4 is 32.6 Å². The van der Waals surface area contributed by atoms with E-state index in [0.717, 1.165) is 49.5 Å². The van der Waals surface area contributed by atoms with Crippen LogP contribution in [0.4, 0.5) is 5.13 Å².